The minimum atomic E-state index is -0.0371. The smallest absolute Gasteiger partial charge is 0.252 e. The lowest BCUT2D eigenvalue weighted by molar-refractivity contribution is 0.0924. The van der Waals surface area contributed by atoms with Gasteiger partial charge in [-0.15, -0.1) is 0 Å². The van der Waals surface area contributed by atoms with E-state index < -0.39 is 0 Å². The molecule has 17 heavy (non-hydrogen) atoms. The highest BCUT2D eigenvalue weighted by molar-refractivity contribution is 5.93. The quantitative estimate of drug-likeness (QED) is 0.825. The van der Waals surface area contributed by atoms with Crippen LogP contribution in [0, 0.1) is 5.41 Å². The summed E-state index contributed by atoms with van der Waals surface area (Å²) in [5.41, 5.74) is 0.802. The zero-order valence-electron chi connectivity index (χ0n) is 10.2. The fourth-order valence-electron chi connectivity index (χ4n) is 2.16. The van der Waals surface area contributed by atoms with E-state index in [1.807, 2.05) is 0 Å². The number of nitrogens with zero attached hydrogens (tertiary/aromatic N) is 1. The van der Waals surface area contributed by atoms with Crippen molar-refractivity contribution in [2.24, 2.45) is 5.41 Å². The Morgan fingerprint density at radius 3 is 3.18 bits per heavy atom. The number of rotatable bonds is 3. The molecule has 1 fully saturated rings. The fourth-order valence-corrected chi connectivity index (χ4v) is 2.16. The first kappa shape index (κ1) is 12.0. The standard InChI is InChI=1S/C13H19N3O/c1-13(5-3-7-15-9-13)10-16-12(17)11-4-2-6-14-8-11/h2,4,6,8,15H,3,5,7,9-10H2,1H3,(H,16,17). The topological polar surface area (TPSA) is 54.0 Å². The van der Waals surface area contributed by atoms with Crippen molar-refractivity contribution >= 4 is 5.91 Å². The van der Waals surface area contributed by atoms with Crippen molar-refractivity contribution in [2.75, 3.05) is 19.6 Å². The van der Waals surface area contributed by atoms with Crippen molar-refractivity contribution in [1.82, 2.24) is 15.6 Å². The third-order valence-corrected chi connectivity index (χ3v) is 3.29. The van der Waals surface area contributed by atoms with Gasteiger partial charge in [0.15, 0.2) is 0 Å². The predicted molar refractivity (Wildman–Crippen MR) is 66.8 cm³/mol. The molecule has 1 saturated heterocycles. The van der Waals surface area contributed by atoms with Crippen molar-refractivity contribution in [3.05, 3.63) is 30.1 Å². The third-order valence-electron chi connectivity index (χ3n) is 3.29. The van der Waals surface area contributed by atoms with Crippen LogP contribution in [0.15, 0.2) is 24.5 Å². The number of carbonyl (C=O) groups is 1. The molecule has 1 unspecified atom stereocenters. The molecule has 0 aliphatic carbocycles. The van der Waals surface area contributed by atoms with Gasteiger partial charge in [-0.25, -0.2) is 0 Å². The number of amides is 1. The summed E-state index contributed by atoms with van der Waals surface area (Å²) in [5.74, 6) is -0.0371. The fraction of sp³-hybridized carbons (Fsp3) is 0.538. The van der Waals surface area contributed by atoms with Crippen molar-refractivity contribution in [3.63, 3.8) is 0 Å². The van der Waals surface area contributed by atoms with Gasteiger partial charge in [-0.2, -0.15) is 0 Å². The van der Waals surface area contributed by atoms with Crippen LogP contribution in [0.4, 0.5) is 0 Å². The van der Waals surface area contributed by atoms with Gasteiger partial charge in [0.05, 0.1) is 5.56 Å². The minimum absolute atomic E-state index is 0.0371. The van der Waals surface area contributed by atoms with Crippen LogP contribution in [0.5, 0.6) is 0 Å². The second-order valence-corrected chi connectivity index (χ2v) is 5.02. The highest BCUT2D eigenvalue weighted by atomic mass is 16.1. The number of carbonyl (C=O) groups excluding carboxylic acids is 1. The van der Waals surface area contributed by atoms with E-state index in [9.17, 15) is 4.79 Å². The molecule has 1 aliphatic heterocycles. The van der Waals surface area contributed by atoms with Crippen molar-refractivity contribution in [2.45, 2.75) is 19.8 Å². The number of nitrogens with one attached hydrogen (secondary N) is 2. The Balaban J connectivity index is 1.87. The van der Waals surface area contributed by atoms with Gasteiger partial charge in [-0.05, 0) is 36.9 Å². The maximum Gasteiger partial charge on any atom is 0.252 e. The number of aromatic nitrogens is 1. The Hall–Kier alpha value is -1.42. The average molecular weight is 233 g/mol. The number of hydrogen-bond donors (Lipinski definition) is 2. The maximum atomic E-state index is 11.9. The summed E-state index contributed by atoms with van der Waals surface area (Å²) in [6.07, 6.45) is 5.60. The van der Waals surface area contributed by atoms with Crippen LogP contribution < -0.4 is 10.6 Å². The summed E-state index contributed by atoms with van der Waals surface area (Å²) < 4.78 is 0. The molecule has 1 aliphatic rings. The first-order valence-corrected chi connectivity index (χ1v) is 6.09. The van der Waals surface area contributed by atoms with E-state index in [1.54, 1.807) is 24.5 Å². The molecule has 1 amide bonds. The van der Waals surface area contributed by atoms with Crippen molar-refractivity contribution < 1.29 is 4.79 Å². The molecule has 0 radical (unpaired) electrons. The van der Waals surface area contributed by atoms with Gasteiger partial charge in [-0.1, -0.05) is 6.92 Å². The number of hydrogen-bond acceptors (Lipinski definition) is 3. The van der Waals surface area contributed by atoms with Gasteiger partial charge in [0.1, 0.15) is 0 Å². The van der Waals surface area contributed by atoms with Crippen LogP contribution in [0.2, 0.25) is 0 Å². The van der Waals surface area contributed by atoms with Gasteiger partial charge in [0.25, 0.3) is 5.91 Å². The van der Waals surface area contributed by atoms with Crippen LogP contribution in [0.3, 0.4) is 0 Å². The highest BCUT2D eigenvalue weighted by Crippen LogP contribution is 2.24. The molecule has 0 bridgehead atoms. The first-order chi connectivity index (χ1) is 8.20. The molecule has 2 heterocycles. The molecule has 2 rings (SSSR count). The van der Waals surface area contributed by atoms with Crippen molar-refractivity contribution in [1.29, 1.82) is 0 Å². The summed E-state index contributed by atoms with van der Waals surface area (Å²) >= 11 is 0. The average Bonchev–Trinajstić information content (AvgIpc) is 2.38. The van der Waals surface area contributed by atoms with Gasteiger partial charge < -0.3 is 10.6 Å². The van der Waals surface area contributed by atoms with Crippen LogP contribution in [-0.4, -0.2) is 30.5 Å². The summed E-state index contributed by atoms with van der Waals surface area (Å²) in [4.78, 5) is 15.8. The molecule has 4 nitrogen and oxygen atoms in total. The summed E-state index contributed by atoms with van der Waals surface area (Å²) in [7, 11) is 0. The van der Waals surface area contributed by atoms with Gasteiger partial charge in [0.2, 0.25) is 0 Å². The molecule has 1 atom stereocenters. The summed E-state index contributed by atoms with van der Waals surface area (Å²) in [6, 6.07) is 3.56. The van der Waals surface area contributed by atoms with E-state index in [4.69, 9.17) is 0 Å². The van der Waals surface area contributed by atoms with Crippen molar-refractivity contribution in [3.8, 4) is 0 Å². The Morgan fingerprint density at radius 1 is 1.65 bits per heavy atom. The van der Waals surface area contributed by atoms with E-state index in [0.29, 0.717) is 12.1 Å². The lowest BCUT2D eigenvalue weighted by Gasteiger charge is -2.34. The normalized spacial score (nSPS) is 24.3. The molecular formula is C13H19N3O. The lowest BCUT2D eigenvalue weighted by Crippen LogP contribution is -2.45. The number of pyridine rings is 1. The molecule has 92 valence electrons. The zero-order chi connectivity index (χ0) is 12.1. The molecule has 4 heteroatoms. The molecule has 2 N–H and O–H groups in total. The second-order valence-electron chi connectivity index (χ2n) is 5.02. The Bertz CT molecular complexity index is 372. The second kappa shape index (κ2) is 5.27. The van der Waals surface area contributed by atoms with E-state index in [-0.39, 0.29) is 11.3 Å². The molecule has 0 aromatic carbocycles. The molecule has 0 spiro atoms. The molecule has 1 aromatic rings. The SMILES string of the molecule is CC1(CNC(=O)c2cccnc2)CCCNC1. The van der Waals surface area contributed by atoms with Crippen LogP contribution >= 0.6 is 0 Å². The predicted octanol–water partition coefficient (Wildman–Crippen LogP) is 1.20. The van der Waals surface area contributed by atoms with E-state index >= 15 is 0 Å². The Kier molecular flexibility index (Phi) is 3.74. The number of piperidine rings is 1. The highest BCUT2D eigenvalue weighted by Gasteiger charge is 2.27. The summed E-state index contributed by atoms with van der Waals surface area (Å²) in [6.45, 7) is 4.99. The van der Waals surface area contributed by atoms with Gasteiger partial charge in [-0.3, -0.25) is 9.78 Å². The van der Waals surface area contributed by atoms with E-state index in [2.05, 4.69) is 22.5 Å². The lowest BCUT2D eigenvalue weighted by atomic mass is 9.83. The van der Waals surface area contributed by atoms with Crippen LogP contribution in [-0.2, 0) is 0 Å². The maximum absolute atomic E-state index is 11.9. The molecular weight excluding hydrogens is 214 g/mol. The minimum Gasteiger partial charge on any atom is -0.351 e. The third kappa shape index (κ3) is 3.27. The Morgan fingerprint density at radius 2 is 2.53 bits per heavy atom. The largest absolute Gasteiger partial charge is 0.351 e. The summed E-state index contributed by atoms with van der Waals surface area (Å²) in [5, 5.41) is 6.37. The molecule has 1 aromatic heterocycles. The Labute approximate surface area is 102 Å². The zero-order valence-corrected chi connectivity index (χ0v) is 10.2. The first-order valence-electron chi connectivity index (χ1n) is 6.09. The van der Waals surface area contributed by atoms with Gasteiger partial charge >= 0.3 is 0 Å². The van der Waals surface area contributed by atoms with E-state index in [0.717, 1.165) is 19.5 Å². The monoisotopic (exact) mass is 233 g/mol. The van der Waals surface area contributed by atoms with Crippen LogP contribution in [0.1, 0.15) is 30.1 Å². The van der Waals surface area contributed by atoms with Crippen LogP contribution in [0.25, 0.3) is 0 Å². The van der Waals surface area contributed by atoms with Gasteiger partial charge in [0, 0.05) is 25.5 Å². The molecule has 0 saturated carbocycles. The van der Waals surface area contributed by atoms with E-state index in [1.165, 1.54) is 6.42 Å².